The van der Waals surface area contributed by atoms with Crippen molar-refractivity contribution in [3.05, 3.63) is 35.5 Å². The summed E-state index contributed by atoms with van der Waals surface area (Å²) in [6.07, 6.45) is 0. The van der Waals surface area contributed by atoms with Gasteiger partial charge in [0, 0.05) is 12.6 Å². The van der Waals surface area contributed by atoms with E-state index in [0.29, 0.717) is 5.69 Å². The Kier molecular flexibility index (Phi) is 3.90. The Morgan fingerprint density at radius 1 is 1.28 bits per heavy atom. The molecule has 0 radical (unpaired) electrons. The number of nitrogens with zero attached hydrogens (tertiary/aromatic N) is 2. The second-order valence-electron chi connectivity index (χ2n) is 3.98. The number of aromatic hydroxyl groups is 1. The molecule has 0 fully saturated rings. The van der Waals surface area contributed by atoms with E-state index in [1.807, 2.05) is 38.2 Å². The van der Waals surface area contributed by atoms with Gasteiger partial charge in [-0.2, -0.15) is 5.10 Å². The largest absolute Gasteiger partial charge is 0.504 e. The molecule has 1 aromatic carbocycles. The molecule has 0 saturated carbocycles. The third-order valence-corrected chi connectivity index (χ3v) is 4.14. The Labute approximate surface area is 131 Å². The van der Waals surface area contributed by atoms with Crippen LogP contribution in [0.4, 0.5) is 0 Å². The molecule has 0 unspecified atom stereocenters. The van der Waals surface area contributed by atoms with Gasteiger partial charge >= 0.3 is 0 Å². The summed E-state index contributed by atoms with van der Waals surface area (Å²) in [6.45, 7) is 1.83. The molecule has 0 amide bonds. The maximum absolute atomic E-state index is 10.0. The number of hydrogen-bond donors (Lipinski definition) is 1. The summed E-state index contributed by atoms with van der Waals surface area (Å²) in [4.78, 5) is 0. The first-order chi connectivity index (χ1) is 8.30. The molecular formula is C12H11Br3N2O. The lowest BCUT2D eigenvalue weighted by molar-refractivity contribution is 0.471. The molecule has 2 aromatic rings. The summed E-state index contributed by atoms with van der Waals surface area (Å²) in [5, 5.41) is 14.4. The molecule has 2 rings (SSSR count). The van der Waals surface area contributed by atoms with Gasteiger partial charge < -0.3 is 5.11 Å². The zero-order chi connectivity index (χ0) is 13.5. The van der Waals surface area contributed by atoms with Crippen molar-refractivity contribution in [2.45, 2.75) is 9.07 Å². The van der Waals surface area contributed by atoms with Crippen LogP contribution in [0.3, 0.4) is 0 Å². The van der Waals surface area contributed by atoms with Crippen molar-refractivity contribution in [1.29, 1.82) is 0 Å². The molecule has 0 aliphatic rings. The highest BCUT2D eigenvalue weighted by molar-refractivity contribution is 9.38. The molecule has 0 spiro atoms. The first-order valence-corrected chi connectivity index (χ1v) is 7.59. The third-order valence-electron chi connectivity index (χ3n) is 2.77. The van der Waals surface area contributed by atoms with Crippen LogP contribution in [-0.4, -0.2) is 14.9 Å². The van der Waals surface area contributed by atoms with Crippen LogP contribution in [0.5, 0.6) is 5.75 Å². The Morgan fingerprint density at radius 2 is 1.94 bits per heavy atom. The van der Waals surface area contributed by atoms with E-state index in [0.717, 1.165) is 16.8 Å². The van der Waals surface area contributed by atoms with Gasteiger partial charge in [-0.15, -0.1) is 0 Å². The first kappa shape index (κ1) is 14.1. The molecule has 0 atom stereocenters. The molecule has 0 bridgehead atoms. The van der Waals surface area contributed by atoms with Crippen molar-refractivity contribution < 1.29 is 5.11 Å². The lowest BCUT2D eigenvalue weighted by atomic mass is 10.1. The van der Waals surface area contributed by atoms with E-state index >= 15 is 0 Å². The minimum atomic E-state index is -0.470. The van der Waals surface area contributed by atoms with Crippen molar-refractivity contribution in [2.24, 2.45) is 7.05 Å². The quantitative estimate of drug-likeness (QED) is 0.670. The molecule has 3 nitrogen and oxygen atoms in total. The molecule has 1 aromatic heterocycles. The predicted octanol–water partition coefficient (Wildman–Crippen LogP) is 4.40. The zero-order valence-corrected chi connectivity index (χ0v) is 14.5. The number of hydrogen-bond acceptors (Lipinski definition) is 2. The van der Waals surface area contributed by atoms with Crippen LogP contribution in [0, 0.1) is 6.92 Å². The smallest absolute Gasteiger partial charge is 0.164 e. The predicted molar refractivity (Wildman–Crippen MR) is 83.5 cm³/mol. The zero-order valence-electron chi connectivity index (χ0n) is 9.78. The van der Waals surface area contributed by atoms with E-state index in [1.165, 1.54) is 0 Å². The van der Waals surface area contributed by atoms with Gasteiger partial charge in [-0.1, -0.05) is 66.0 Å². The molecule has 6 heteroatoms. The Morgan fingerprint density at radius 3 is 2.44 bits per heavy atom. The van der Waals surface area contributed by atoms with E-state index < -0.39 is 2.14 Å². The van der Waals surface area contributed by atoms with Gasteiger partial charge in [0.15, 0.2) is 7.89 Å². The van der Waals surface area contributed by atoms with Crippen molar-refractivity contribution >= 4 is 47.8 Å². The summed E-state index contributed by atoms with van der Waals surface area (Å²) < 4.78 is 1.20. The van der Waals surface area contributed by atoms with E-state index in [1.54, 1.807) is 4.68 Å². The van der Waals surface area contributed by atoms with Crippen LogP contribution < -0.4 is 0 Å². The van der Waals surface area contributed by atoms with E-state index in [2.05, 4.69) is 52.9 Å². The number of benzene rings is 1. The van der Waals surface area contributed by atoms with Crippen LogP contribution >= 0.6 is 47.8 Å². The lowest BCUT2D eigenvalue weighted by Gasteiger charge is -2.13. The van der Waals surface area contributed by atoms with Gasteiger partial charge in [0.1, 0.15) is 5.69 Å². The number of alkyl halides is 3. The van der Waals surface area contributed by atoms with E-state index in [-0.39, 0.29) is 5.75 Å². The average Bonchev–Trinajstić information content (AvgIpc) is 2.56. The molecule has 1 heterocycles. The van der Waals surface area contributed by atoms with Crippen LogP contribution in [-0.2, 0) is 9.19 Å². The first-order valence-electron chi connectivity index (χ1n) is 5.21. The molecule has 18 heavy (non-hydrogen) atoms. The van der Waals surface area contributed by atoms with Crippen LogP contribution in [0.25, 0.3) is 11.3 Å². The lowest BCUT2D eigenvalue weighted by Crippen LogP contribution is -1.97. The summed E-state index contributed by atoms with van der Waals surface area (Å²) in [5.41, 5.74) is 3.20. The van der Waals surface area contributed by atoms with Crippen LogP contribution in [0.15, 0.2) is 24.3 Å². The number of halogens is 3. The van der Waals surface area contributed by atoms with Gasteiger partial charge in [0.25, 0.3) is 0 Å². The van der Waals surface area contributed by atoms with Crippen LogP contribution in [0.1, 0.15) is 11.3 Å². The molecule has 1 N–H and O–H groups in total. The van der Waals surface area contributed by atoms with Crippen LogP contribution in [0.2, 0.25) is 0 Å². The molecule has 0 aliphatic heterocycles. The maximum Gasteiger partial charge on any atom is 0.164 e. The summed E-state index contributed by atoms with van der Waals surface area (Å²) in [7, 11) is 1.81. The van der Waals surface area contributed by atoms with Crippen molar-refractivity contribution in [3.8, 4) is 17.0 Å². The van der Waals surface area contributed by atoms with Gasteiger partial charge in [0.2, 0.25) is 0 Å². The molecular weight excluding hydrogens is 428 g/mol. The fourth-order valence-electron chi connectivity index (χ4n) is 1.63. The van der Waals surface area contributed by atoms with Crippen molar-refractivity contribution in [1.82, 2.24) is 9.78 Å². The van der Waals surface area contributed by atoms with Crippen molar-refractivity contribution in [3.63, 3.8) is 0 Å². The maximum atomic E-state index is 10.0. The second kappa shape index (κ2) is 4.98. The highest BCUT2D eigenvalue weighted by atomic mass is 80.0. The third kappa shape index (κ3) is 2.65. The molecule has 0 aliphatic carbocycles. The minimum Gasteiger partial charge on any atom is -0.504 e. The Bertz CT molecular complexity index is 587. The SMILES string of the molecule is Cc1c(O)c(-c2cccc(C(Br)(Br)Br)c2)nn1C. The molecule has 96 valence electrons. The fourth-order valence-corrected chi connectivity index (χ4v) is 2.37. The normalized spacial score (nSPS) is 11.8. The summed E-state index contributed by atoms with van der Waals surface area (Å²) >= 11 is 10.4. The number of rotatable bonds is 1. The minimum absolute atomic E-state index is 0.221. The highest BCUT2D eigenvalue weighted by Crippen LogP contribution is 2.45. The van der Waals surface area contributed by atoms with Crippen molar-refractivity contribution in [2.75, 3.05) is 0 Å². The number of aryl methyl sites for hydroxylation is 1. The number of aromatic nitrogens is 2. The topological polar surface area (TPSA) is 38.1 Å². The van der Waals surface area contributed by atoms with E-state index in [4.69, 9.17) is 0 Å². The highest BCUT2D eigenvalue weighted by Gasteiger charge is 2.22. The van der Waals surface area contributed by atoms with E-state index in [9.17, 15) is 5.11 Å². The summed E-state index contributed by atoms with van der Waals surface area (Å²) in [6, 6.07) is 7.77. The summed E-state index contributed by atoms with van der Waals surface area (Å²) in [5.74, 6) is 0.221. The van der Waals surface area contributed by atoms with Gasteiger partial charge in [-0.25, -0.2) is 0 Å². The fraction of sp³-hybridized carbons (Fsp3) is 0.250. The van der Waals surface area contributed by atoms with Gasteiger partial charge in [-0.05, 0) is 18.6 Å². The monoisotopic (exact) mass is 436 g/mol. The standard InChI is InChI=1S/C12H11Br3N2O/c1-7-11(18)10(16-17(7)2)8-4-3-5-9(6-8)12(13,14)15/h3-6,18H,1-2H3. The molecule has 0 saturated heterocycles. The van der Waals surface area contributed by atoms with Gasteiger partial charge in [0.05, 0.1) is 5.69 Å². The van der Waals surface area contributed by atoms with Gasteiger partial charge in [-0.3, -0.25) is 4.68 Å². The Balaban J connectivity index is 2.55. The average molecular weight is 439 g/mol. The second-order valence-corrected chi connectivity index (χ2v) is 10.7. The Hall–Kier alpha value is -0.330.